The van der Waals surface area contributed by atoms with Crippen molar-refractivity contribution in [2.24, 2.45) is 0 Å². The average molecular weight is 248 g/mol. The third kappa shape index (κ3) is 2.42. The van der Waals surface area contributed by atoms with Crippen molar-refractivity contribution in [3.63, 3.8) is 0 Å². The van der Waals surface area contributed by atoms with Crippen LogP contribution in [-0.2, 0) is 0 Å². The summed E-state index contributed by atoms with van der Waals surface area (Å²) in [5.74, 6) is -0.922. The minimum absolute atomic E-state index is 0.113. The lowest BCUT2D eigenvalue weighted by Gasteiger charge is -2.10. The van der Waals surface area contributed by atoms with E-state index in [0.29, 0.717) is 11.4 Å². The Morgan fingerprint density at radius 3 is 2.33 bits per heavy atom. The molecule has 0 fully saturated rings. The van der Waals surface area contributed by atoms with Gasteiger partial charge in [0.1, 0.15) is 11.6 Å². The van der Waals surface area contributed by atoms with Gasteiger partial charge >= 0.3 is 0 Å². The van der Waals surface area contributed by atoms with Gasteiger partial charge in [0.15, 0.2) is 0 Å². The lowest BCUT2D eigenvalue weighted by Crippen LogP contribution is -1.98. The van der Waals surface area contributed by atoms with Gasteiger partial charge in [-0.3, -0.25) is 0 Å². The van der Waals surface area contributed by atoms with E-state index in [1.165, 1.54) is 13.0 Å². The maximum Gasteiger partial charge on any atom is 0.147 e. The van der Waals surface area contributed by atoms with Crippen LogP contribution in [0.1, 0.15) is 11.1 Å². The zero-order valence-electron chi connectivity index (χ0n) is 10.2. The first kappa shape index (κ1) is 12.4. The smallest absolute Gasteiger partial charge is 0.147 e. The molecule has 2 aromatic carbocycles. The molecule has 0 unspecified atom stereocenters. The second-order valence-electron chi connectivity index (χ2n) is 4.28. The Labute approximate surface area is 104 Å². The normalized spacial score (nSPS) is 10.4. The fraction of sp³-hybridized carbons (Fsp3) is 0.143. The van der Waals surface area contributed by atoms with Gasteiger partial charge in [0.25, 0.3) is 0 Å². The molecule has 0 heterocycles. The molecule has 0 amide bonds. The molecule has 0 aliphatic carbocycles. The van der Waals surface area contributed by atoms with Crippen LogP contribution in [0.5, 0.6) is 0 Å². The van der Waals surface area contributed by atoms with Crippen LogP contribution in [0.2, 0.25) is 0 Å². The third-order valence-electron chi connectivity index (χ3n) is 2.80. The first-order valence-corrected chi connectivity index (χ1v) is 5.56. The number of nitrogen functional groups attached to an aromatic ring is 1. The highest BCUT2D eigenvalue weighted by molar-refractivity contribution is 5.64. The summed E-state index contributed by atoms with van der Waals surface area (Å²) in [5.41, 5.74) is 8.31. The number of hydrogen-bond acceptors (Lipinski definition) is 2. The minimum atomic E-state index is -0.483. The van der Waals surface area contributed by atoms with Gasteiger partial charge in [-0.2, -0.15) is 0 Å². The number of aryl methyl sites for hydroxylation is 2. The van der Waals surface area contributed by atoms with Crippen LogP contribution < -0.4 is 11.1 Å². The summed E-state index contributed by atoms with van der Waals surface area (Å²) in [6, 6.07) is 7.55. The number of halogens is 2. The van der Waals surface area contributed by atoms with E-state index in [-0.39, 0.29) is 11.3 Å². The Morgan fingerprint density at radius 2 is 1.67 bits per heavy atom. The van der Waals surface area contributed by atoms with E-state index in [4.69, 9.17) is 5.73 Å². The van der Waals surface area contributed by atoms with E-state index in [0.717, 1.165) is 11.6 Å². The fourth-order valence-electron chi connectivity index (χ4n) is 1.65. The lowest BCUT2D eigenvalue weighted by molar-refractivity contribution is 0.595. The van der Waals surface area contributed by atoms with E-state index < -0.39 is 11.6 Å². The number of benzene rings is 2. The molecular weight excluding hydrogens is 234 g/mol. The number of nitrogens with one attached hydrogen (secondary N) is 1. The van der Waals surface area contributed by atoms with Crippen LogP contribution in [0, 0.1) is 25.5 Å². The van der Waals surface area contributed by atoms with Crippen LogP contribution >= 0.6 is 0 Å². The van der Waals surface area contributed by atoms with E-state index in [1.807, 2.05) is 6.92 Å². The predicted octanol–water partition coefficient (Wildman–Crippen LogP) is 3.91. The molecule has 0 aliphatic heterocycles. The average Bonchev–Trinajstić information content (AvgIpc) is 2.31. The van der Waals surface area contributed by atoms with E-state index in [1.54, 1.807) is 18.2 Å². The van der Waals surface area contributed by atoms with Gasteiger partial charge in [0, 0.05) is 17.4 Å². The molecule has 0 spiro atoms. The van der Waals surface area contributed by atoms with Crippen molar-refractivity contribution in [3.8, 4) is 0 Å². The van der Waals surface area contributed by atoms with Gasteiger partial charge in [-0.05, 0) is 49.2 Å². The summed E-state index contributed by atoms with van der Waals surface area (Å²) in [6.07, 6.45) is 0. The molecule has 0 aliphatic rings. The third-order valence-corrected chi connectivity index (χ3v) is 2.80. The van der Waals surface area contributed by atoms with E-state index >= 15 is 0 Å². The molecule has 4 heteroatoms. The number of rotatable bonds is 2. The Morgan fingerprint density at radius 1 is 0.944 bits per heavy atom. The standard InChI is InChI=1S/C14H14F2N2/c1-8-6-12(16)14(7-11(8)15)18-10-3-4-13(17)9(2)5-10/h3-7,18H,17H2,1-2H3. The van der Waals surface area contributed by atoms with E-state index in [9.17, 15) is 8.78 Å². The molecule has 18 heavy (non-hydrogen) atoms. The first-order chi connectivity index (χ1) is 8.47. The molecule has 3 N–H and O–H groups in total. The monoisotopic (exact) mass is 248 g/mol. The number of anilines is 3. The Bertz CT molecular complexity index is 595. The molecule has 0 radical (unpaired) electrons. The van der Waals surface area contributed by atoms with Crippen molar-refractivity contribution in [2.75, 3.05) is 11.1 Å². The quantitative estimate of drug-likeness (QED) is 0.791. The molecule has 0 aromatic heterocycles. The highest BCUT2D eigenvalue weighted by Crippen LogP contribution is 2.24. The van der Waals surface area contributed by atoms with Gasteiger partial charge in [0.05, 0.1) is 5.69 Å². The molecule has 94 valence electrons. The van der Waals surface area contributed by atoms with Gasteiger partial charge in [0.2, 0.25) is 0 Å². The van der Waals surface area contributed by atoms with Crippen molar-refractivity contribution in [1.29, 1.82) is 0 Å². The van der Waals surface area contributed by atoms with Crippen molar-refractivity contribution in [1.82, 2.24) is 0 Å². The fourth-order valence-corrected chi connectivity index (χ4v) is 1.65. The van der Waals surface area contributed by atoms with Crippen LogP contribution in [-0.4, -0.2) is 0 Å². The van der Waals surface area contributed by atoms with Crippen LogP contribution in [0.4, 0.5) is 25.8 Å². The molecular formula is C14H14F2N2. The predicted molar refractivity (Wildman–Crippen MR) is 70.0 cm³/mol. The Kier molecular flexibility index (Phi) is 3.19. The second-order valence-corrected chi connectivity index (χ2v) is 4.28. The molecule has 0 saturated carbocycles. The lowest BCUT2D eigenvalue weighted by atomic mass is 10.1. The van der Waals surface area contributed by atoms with Crippen molar-refractivity contribution >= 4 is 17.1 Å². The van der Waals surface area contributed by atoms with Crippen molar-refractivity contribution in [2.45, 2.75) is 13.8 Å². The van der Waals surface area contributed by atoms with E-state index in [2.05, 4.69) is 5.32 Å². The summed E-state index contributed by atoms with van der Waals surface area (Å²) < 4.78 is 27.0. The summed E-state index contributed by atoms with van der Waals surface area (Å²) in [6.45, 7) is 3.38. The molecule has 2 nitrogen and oxygen atoms in total. The summed E-state index contributed by atoms with van der Waals surface area (Å²) in [4.78, 5) is 0. The van der Waals surface area contributed by atoms with Crippen LogP contribution in [0.3, 0.4) is 0 Å². The van der Waals surface area contributed by atoms with Gasteiger partial charge in [-0.15, -0.1) is 0 Å². The SMILES string of the molecule is Cc1cc(Nc2cc(F)c(C)cc2F)ccc1N. The summed E-state index contributed by atoms with van der Waals surface area (Å²) in [5, 5.41) is 2.84. The highest BCUT2D eigenvalue weighted by Gasteiger charge is 2.07. The molecule has 2 aromatic rings. The number of hydrogen-bond donors (Lipinski definition) is 2. The second kappa shape index (κ2) is 4.64. The molecule has 2 rings (SSSR count). The zero-order valence-corrected chi connectivity index (χ0v) is 10.2. The highest BCUT2D eigenvalue weighted by atomic mass is 19.1. The Balaban J connectivity index is 2.34. The van der Waals surface area contributed by atoms with Crippen molar-refractivity contribution < 1.29 is 8.78 Å². The van der Waals surface area contributed by atoms with Crippen LogP contribution in [0.25, 0.3) is 0 Å². The molecule has 0 saturated heterocycles. The minimum Gasteiger partial charge on any atom is -0.399 e. The Hall–Kier alpha value is -2.10. The topological polar surface area (TPSA) is 38.0 Å². The largest absolute Gasteiger partial charge is 0.399 e. The maximum absolute atomic E-state index is 13.6. The first-order valence-electron chi connectivity index (χ1n) is 5.56. The molecule has 0 bridgehead atoms. The number of nitrogens with two attached hydrogens (primary N) is 1. The summed E-state index contributed by atoms with van der Waals surface area (Å²) >= 11 is 0. The zero-order chi connectivity index (χ0) is 13.3. The molecule has 0 atom stereocenters. The summed E-state index contributed by atoms with van der Waals surface area (Å²) in [7, 11) is 0. The van der Waals surface area contributed by atoms with Gasteiger partial charge in [-0.25, -0.2) is 8.78 Å². The maximum atomic E-state index is 13.6. The van der Waals surface area contributed by atoms with Gasteiger partial charge < -0.3 is 11.1 Å². The van der Waals surface area contributed by atoms with Crippen LogP contribution in [0.15, 0.2) is 30.3 Å². The van der Waals surface area contributed by atoms with Gasteiger partial charge in [-0.1, -0.05) is 0 Å². The van der Waals surface area contributed by atoms with Crippen molar-refractivity contribution in [3.05, 3.63) is 53.1 Å².